The number of halogens is 1. The number of amides is 1. The van der Waals surface area contributed by atoms with Crippen LogP contribution in [-0.2, 0) is 6.54 Å². The molecule has 0 spiro atoms. The molecule has 0 fully saturated rings. The molecule has 0 bridgehead atoms. The molecule has 3 rings (SSSR count). The first kappa shape index (κ1) is 23.3. The van der Waals surface area contributed by atoms with E-state index in [4.69, 9.17) is 4.74 Å². The van der Waals surface area contributed by atoms with Gasteiger partial charge in [-0.3, -0.25) is 29.7 Å². The van der Waals surface area contributed by atoms with Crippen LogP contribution >= 0.6 is 15.9 Å². The van der Waals surface area contributed by atoms with E-state index in [-0.39, 0.29) is 40.7 Å². The van der Waals surface area contributed by atoms with Gasteiger partial charge in [0.2, 0.25) is 0 Å². The topological polar surface area (TPSA) is 175 Å². The quantitative estimate of drug-likeness (QED) is 0.259. The Kier molecular flexibility index (Phi) is 6.97. The van der Waals surface area contributed by atoms with Gasteiger partial charge in [0, 0.05) is 30.0 Å². The highest BCUT2D eigenvalue weighted by Gasteiger charge is 2.17. The van der Waals surface area contributed by atoms with E-state index in [0.29, 0.717) is 4.47 Å². The fourth-order valence-electron chi connectivity index (χ4n) is 2.73. The van der Waals surface area contributed by atoms with Gasteiger partial charge in [-0.2, -0.15) is 10.2 Å². The SMILES string of the molecule is COc1cc([N+](=O)[O-])cc(/C=N\NC(=O)c2nn(Cc3ccc([N+](=O)[O-])cc3)cc2Br)c1O. The van der Waals surface area contributed by atoms with Crippen LogP contribution in [0.25, 0.3) is 0 Å². The first-order valence-electron chi connectivity index (χ1n) is 9.04. The van der Waals surface area contributed by atoms with Crippen LogP contribution < -0.4 is 10.2 Å². The number of rotatable bonds is 8. The van der Waals surface area contributed by atoms with Gasteiger partial charge in [0.05, 0.1) is 40.3 Å². The molecule has 2 aromatic carbocycles. The van der Waals surface area contributed by atoms with Gasteiger partial charge in [0.1, 0.15) is 0 Å². The number of hydrazone groups is 1. The molecule has 0 saturated heterocycles. The highest BCUT2D eigenvalue weighted by molar-refractivity contribution is 9.10. The number of phenols is 1. The zero-order valence-corrected chi connectivity index (χ0v) is 18.4. The second-order valence-corrected chi connectivity index (χ2v) is 7.34. The Morgan fingerprint density at radius 1 is 1.24 bits per heavy atom. The lowest BCUT2D eigenvalue weighted by Crippen LogP contribution is -2.19. The van der Waals surface area contributed by atoms with Crippen LogP contribution in [0.5, 0.6) is 11.5 Å². The number of aromatic hydroxyl groups is 1. The molecule has 0 unspecified atom stereocenters. The number of nitrogens with one attached hydrogen (secondary N) is 1. The van der Waals surface area contributed by atoms with E-state index >= 15 is 0 Å². The predicted molar refractivity (Wildman–Crippen MR) is 118 cm³/mol. The lowest BCUT2D eigenvalue weighted by molar-refractivity contribution is -0.385. The zero-order valence-electron chi connectivity index (χ0n) is 16.8. The molecule has 1 heterocycles. The number of nitro groups is 2. The fraction of sp³-hybridized carbons (Fsp3) is 0.105. The summed E-state index contributed by atoms with van der Waals surface area (Å²) < 4.78 is 6.73. The summed E-state index contributed by atoms with van der Waals surface area (Å²) in [4.78, 5) is 33.0. The molecule has 33 heavy (non-hydrogen) atoms. The molecule has 14 heteroatoms. The number of phenolic OH excluding ortho intramolecular Hbond substituents is 1. The van der Waals surface area contributed by atoms with Crippen molar-refractivity contribution in [2.24, 2.45) is 5.10 Å². The lowest BCUT2D eigenvalue weighted by Gasteiger charge is -2.05. The van der Waals surface area contributed by atoms with Crippen molar-refractivity contribution in [2.75, 3.05) is 7.11 Å². The van der Waals surface area contributed by atoms with Crippen molar-refractivity contribution in [3.63, 3.8) is 0 Å². The number of nitrogens with zero attached hydrogens (tertiary/aromatic N) is 5. The maximum Gasteiger partial charge on any atom is 0.293 e. The van der Waals surface area contributed by atoms with E-state index in [0.717, 1.165) is 23.9 Å². The van der Waals surface area contributed by atoms with Crippen LogP contribution in [-0.4, -0.2) is 44.0 Å². The molecule has 1 aromatic heterocycles. The monoisotopic (exact) mass is 518 g/mol. The summed E-state index contributed by atoms with van der Waals surface area (Å²) in [5, 5.41) is 39.7. The molecule has 13 nitrogen and oxygen atoms in total. The molecule has 0 aliphatic rings. The average molecular weight is 519 g/mol. The summed E-state index contributed by atoms with van der Waals surface area (Å²) in [5.41, 5.74) is 2.57. The number of carbonyl (C=O) groups excluding carboxylic acids is 1. The number of ether oxygens (including phenoxy) is 1. The molecule has 2 N–H and O–H groups in total. The maximum atomic E-state index is 12.4. The van der Waals surface area contributed by atoms with E-state index in [1.54, 1.807) is 18.3 Å². The molecule has 0 radical (unpaired) electrons. The highest BCUT2D eigenvalue weighted by atomic mass is 79.9. The Bertz CT molecular complexity index is 1260. The van der Waals surface area contributed by atoms with Gasteiger partial charge in [0.25, 0.3) is 17.3 Å². The Balaban J connectivity index is 1.72. The van der Waals surface area contributed by atoms with Gasteiger partial charge in [-0.05, 0) is 21.5 Å². The molecule has 170 valence electrons. The third-order valence-electron chi connectivity index (χ3n) is 4.31. The largest absolute Gasteiger partial charge is 0.504 e. The summed E-state index contributed by atoms with van der Waals surface area (Å²) >= 11 is 3.24. The van der Waals surface area contributed by atoms with E-state index in [9.17, 15) is 30.1 Å². The van der Waals surface area contributed by atoms with Crippen molar-refractivity contribution in [1.82, 2.24) is 15.2 Å². The van der Waals surface area contributed by atoms with E-state index < -0.39 is 15.8 Å². The van der Waals surface area contributed by atoms with Crippen molar-refractivity contribution in [3.8, 4) is 11.5 Å². The zero-order chi connectivity index (χ0) is 24.1. The van der Waals surface area contributed by atoms with Crippen LogP contribution in [0, 0.1) is 20.2 Å². The molecular weight excluding hydrogens is 504 g/mol. The smallest absolute Gasteiger partial charge is 0.293 e. The minimum atomic E-state index is -0.683. The Morgan fingerprint density at radius 3 is 2.52 bits per heavy atom. The number of hydrogen-bond donors (Lipinski definition) is 2. The third kappa shape index (κ3) is 5.48. The minimum absolute atomic E-state index is 0.00917. The standard InChI is InChI=1S/C19H15BrN6O7/c1-33-16-7-14(26(31)32)6-12(18(16)27)8-21-22-19(28)17-15(20)10-24(23-17)9-11-2-4-13(5-3-11)25(29)30/h2-8,10,27H,9H2,1H3,(H,22,28)/b21-8-. The molecule has 3 aromatic rings. The van der Waals surface area contributed by atoms with Crippen LogP contribution in [0.2, 0.25) is 0 Å². The maximum absolute atomic E-state index is 12.4. The van der Waals surface area contributed by atoms with Crippen LogP contribution in [0.4, 0.5) is 11.4 Å². The highest BCUT2D eigenvalue weighted by Crippen LogP contribution is 2.33. The summed E-state index contributed by atoms with van der Waals surface area (Å²) in [5.74, 6) is -1.18. The number of methoxy groups -OCH3 is 1. The summed E-state index contributed by atoms with van der Waals surface area (Å²) in [7, 11) is 1.24. The molecule has 0 atom stereocenters. The van der Waals surface area contributed by atoms with Crippen molar-refractivity contribution >= 4 is 39.4 Å². The second kappa shape index (κ2) is 9.86. The van der Waals surface area contributed by atoms with Gasteiger partial charge < -0.3 is 9.84 Å². The summed E-state index contributed by atoms with van der Waals surface area (Å²) in [6, 6.07) is 8.03. The number of aromatic nitrogens is 2. The lowest BCUT2D eigenvalue weighted by atomic mass is 10.2. The van der Waals surface area contributed by atoms with Crippen LogP contribution in [0.1, 0.15) is 21.6 Å². The van der Waals surface area contributed by atoms with E-state index in [1.165, 1.54) is 23.9 Å². The Hall–Kier alpha value is -4.33. The fourth-order valence-corrected chi connectivity index (χ4v) is 3.22. The summed E-state index contributed by atoms with van der Waals surface area (Å²) in [6.45, 7) is 0.258. The molecule has 0 aliphatic carbocycles. The van der Waals surface area contributed by atoms with Gasteiger partial charge in [-0.15, -0.1) is 0 Å². The molecule has 1 amide bonds. The van der Waals surface area contributed by atoms with E-state index in [2.05, 4.69) is 31.6 Å². The second-order valence-electron chi connectivity index (χ2n) is 6.49. The van der Waals surface area contributed by atoms with Gasteiger partial charge >= 0.3 is 0 Å². The van der Waals surface area contributed by atoms with Crippen molar-refractivity contribution in [1.29, 1.82) is 0 Å². The molecule has 0 aliphatic heterocycles. The van der Waals surface area contributed by atoms with E-state index in [1.807, 2.05) is 0 Å². The van der Waals surface area contributed by atoms with Gasteiger partial charge in [0.15, 0.2) is 17.2 Å². The molecular formula is C19H15BrN6O7. The van der Waals surface area contributed by atoms with Crippen molar-refractivity contribution < 1.29 is 24.5 Å². The van der Waals surface area contributed by atoms with Crippen LogP contribution in [0.15, 0.2) is 52.2 Å². The van der Waals surface area contributed by atoms with Crippen molar-refractivity contribution in [3.05, 3.63) is 84.1 Å². The Morgan fingerprint density at radius 2 is 1.91 bits per heavy atom. The predicted octanol–water partition coefficient (Wildman–Crippen LogP) is 2.99. The van der Waals surface area contributed by atoms with Crippen LogP contribution in [0.3, 0.4) is 0 Å². The van der Waals surface area contributed by atoms with Crippen molar-refractivity contribution in [2.45, 2.75) is 6.54 Å². The van der Waals surface area contributed by atoms with Gasteiger partial charge in [-0.25, -0.2) is 5.43 Å². The first-order valence-corrected chi connectivity index (χ1v) is 9.84. The first-order chi connectivity index (χ1) is 15.7. The minimum Gasteiger partial charge on any atom is -0.504 e. The number of benzene rings is 2. The third-order valence-corrected chi connectivity index (χ3v) is 4.89. The number of nitro benzene ring substituents is 2. The number of carbonyl (C=O) groups is 1. The average Bonchev–Trinajstić information content (AvgIpc) is 3.14. The summed E-state index contributed by atoms with van der Waals surface area (Å²) in [6.07, 6.45) is 2.59. The Labute approximate surface area is 193 Å². The number of non-ortho nitro benzene ring substituents is 2. The van der Waals surface area contributed by atoms with Gasteiger partial charge in [-0.1, -0.05) is 12.1 Å². The normalized spacial score (nSPS) is 10.8. The molecule has 0 saturated carbocycles. The number of hydrogen-bond acceptors (Lipinski definition) is 9.